The minimum atomic E-state index is -0.155. The molecule has 1 N–H and O–H groups in total. The number of unbranched alkanes of at least 4 members (excludes halogenated alkanes) is 8. The van der Waals surface area contributed by atoms with E-state index in [0.717, 1.165) is 40.4 Å². The molecule has 4 aromatic rings. The first-order chi connectivity index (χ1) is 17.4. The molecule has 0 amide bonds. The number of nitrogens with zero attached hydrogens (tertiary/aromatic N) is 3. The van der Waals surface area contributed by atoms with Crippen molar-refractivity contribution in [1.82, 2.24) is 19.9 Å². The van der Waals surface area contributed by atoms with Crippen LogP contribution in [-0.2, 0) is 0 Å². The van der Waals surface area contributed by atoms with E-state index in [9.17, 15) is 4.79 Å². The maximum absolute atomic E-state index is 12.7. The number of rotatable bonds is 13. The van der Waals surface area contributed by atoms with Gasteiger partial charge in [-0.25, -0.2) is 0 Å². The minimum absolute atomic E-state index is 0.155. The van der Waals surface area contributed by atoms with E-state index < -0.39 is 0 Å². The molecule has 3 heterocycles. The molecule has 0 bridgehead atoms. The van der Waals surface area contributed by atoms with E-state index in [4.69, 9.17) is 4.84 Å². The second kappa shape index (κ2) is 12.2. The maximum Gasteiger partial charge on any atom is 0.259 e. The van der Waals surface area contributed by atoms with Crippen molar-refractivity contribution in [2.24, 2.45) is 5.41 Å². The van der Waals surface area contributed by atoms with Gasteiger partial charge in [0.15, 0.2) is 0 Å². The summed E-state index contributed by atoms with van der Waals surface area (Å²) in [4.78, 5) is 27.3. The fourth-order valence-corrected chi connectivity index (χ4v) is 4.76. The Labute approximate surface area is 214 Å². The number of benzene rings is 1. The number of hydrogen-bond acceptors (Lipinski definition) is 4. The van der Waals surface area contributed by atoms with Crippen molar-refractivity contribution in [3.63, 3.8) is 0 Å². The Morgan fingerprint density at radius 1 is 0.833 bits per heavy atom. The van der Waals surface area contributed by atoms with Crippen LogP contribution in [0.5, 0.6) is 0 Å². The number of H-pyrrole nitrogens is 1. The molecule has 36 heavy (non-hydrogen) atoms. The molecule has 6 nitrogen and oxygen atoms in total. The minimum Gasteiger partial charge on any atom is -0.396 e. The molecule has 4 rings (SSSR count). The third-order valence-electron chi connectivity index (χ3n) is 6.80. The highest BCUT2D eigenvalue weighted by molar-refractivity contribution is 6.04. The molecule has 0 aliphatic carbocycles. The zero-order valence-electron chi connectivity index (χ0n) is 22.1. The van der Waals surface area contributed by atoms with Crippen LogP contribution in [0, 0.1) is 5.41 Å². The van der Waals surface area contributed by atoms with Crippen LogP contribution in [0.3, 0.4) is 0 Å². The summed E-state index contributed by atoms with van der Waals surface area (Å²) < 4.78 is 0. The van der Waals surface area contributed by atoms with Gasteiger partial charge in [-0.1, -0.05) is 76.6 Å². The van der Waals surface area contributed by atoms with Crippen molar-refractivity contribution in [1.29, 1.82) is 0 Å². The van der Waals surface area contributed by atoms with Crippen LogP contribution in [0.4, 0.5) is 0 Å². The van der Waals surface area contributed by atoms with Crippen LogP contribution in [0.1, 0.15) is 85.0 Å². The first-order valence-electron chi connectivity index (χ1n) is 13.5. The Kier molecular flexibility index (Phi) is 8.79. The lowest BCUT2D eigenvalue weighted by atomic mass is 9.89. The smallest absolute Gasteiger partial charge is 0.259 e. The van der Waals surface area contributed by atoms with Gasteiger partial charge < -0.3 is 9.82 Å². The summed E-state index contributed by atoms with van der Waals surface area (Å²) in [6.07, 6.45) is 17.9. The van der Waals surface area contributed by atoms with Gasteiger partial charge in [0.25, 0.3) is 5.56 Å². The summed E-state index contributed by atoms with van der Waals surface area (Å²) >= 11 is 0. The molecule has 0 unspecified atom stereocenters. The largest absolute Gasteiger partial charge is 0.396 e. The number of pyridine rings is 2. The zero-order chi connectivity index (χ0) is 25.4. The lowest BCUT2D eigenvalue weighted by Crippen LogP contribution is -2.15. The maximum atomic E-state index is 12.7. The number of nitrogens with one attached hydrogen (secondary N) is 1. The highest BCUT2D eigenvalue weighted by Crippen LogP contribution is 2.26. The Hall–Kier alpha value is -3.15. The Morgan fingerprint density at radius 3 is 2.19 bits per heavy atom. The molecule has 6 heteroatoms. The summed E-state index contributed by atoms with van der Waals surface area (Å²) in [5.41, 5.74) is 3.89. The predicted molar refractivity (Wildman–Crippen MR) is 148 cm³/mol. The molecule has 0 aliphatic heterocycles. The van der Waals surface area contributed by atoms with E-state index in [1.807, 2.05) is 24.3 Å². The summed E-state index contributed by atoms with van der Waals surface area (Å²) in [7, 11) is 0. The number of hydrogen-bond donors (Lipinski definition) is 1. The number of aromatic amines is 1. The van der Waals surface area contributed by atoms with Gasteiger partial charge in [0.1, 0.15) is 12.1 Å². The lowest BCUT2D eigenvalue weighted by molar-refractivity contribution is 0.0891. The molecule has 3 aromatic heterocycles. The highest BCUT2D eigenvalue weighted by atomic mass is 16.7. The molecule has 0 saturated carbocycles. The van der Waals surface area contributed by atoms with E-state index in [2.05, 4.69) is 41.9 Å². The van der Waals surface area contributed by atoms with Crippen molar-refractivity contribution >= 4 is 21.8 Å². The number of aromatic nitrogens is 4. The summed E-state index contributed by atoms with van der Waals surface area (Å²) in [6.45, 7) is 7.57. The summed E-state index contributed by atoms with van der Waals surface area (Å²) in [5.74, 6) is 0. The Morgan fingerprint density at radius 2 is 1.50 bits per heavy atom. The van der Waals surface area contributed by atoms with Gasteiger partial charge in [0.2, 0.25) is 0 Å². The van der Waals surface area contributed by atoms with E-state index in [1.165, 1.54) is 56.2 Å². The van der Waals surface area contributed by atoms with Gasteiger partial charge in [-0.15, -0.1) is 5.10 Å². The topological polar surface area (TPSA) is 72.8 Å². The summed E-state index contributed by atoms with van der Waals surface area (Å²) in [5, 5.41) is 5.81. The van der Waals surface area contributed by atoms with Gasteiger partial charge in [0.05, 0.1) is 17.1 Å². The molecular formula is C30H40N4O2. The van der Waals surface area contributed by atoms with Crippen molar-refractivity contribution in [3.05, 3.63) is 59.3 Å². The average Bonchev–Trinajstić information content (AvgIpc) is 3.29. The van der Waals surface area contributed by atoms with E-state index in [-0.39, 0.29) is 5.56 Å². The second-order valence-corrected chi connectivity index (χ2v) is 11.1. The van der Waals surface area contributed by atoms with Gasteiger partial charge in [0, 0.05) is 17.8 Å². The molecule has 0 saturated heterocycles. The first kappa shape index (κ1) is 25.9. The van der Waals surface area contributed by atoms with Crippen LogP contribution in [0.15, 0.2) is 53.7 Å². The molecular weight excluding hydrogens is 448 g/mol. The third-order valence-corrected chi connectivity index (χ3v) is 6.80. The van der Waals surface area contributed by atoms with Crippen molar-refractivity contribution in [3.8, 4) is 11.1 Å². The molecule has 1 aromatic carbocycles. The van der Waals surface area contributed by atoms with Crippen LogP contribution in [-0.4, -0.2) is 26.5 Å². The van der Waals surface area contributed by atoms with Gasteiger partial charge in [-0.05, 0) is 60.1 Å². The normalized spacial score (nSPS) is 12.0. The molecule has 0 atom stereocenters. The molecule has 192 valence electrons. The molecule has 0 radical (unpaired) electrons. The SMILES string of the molecule is CC(C)(C)CCCCCCCCCCCOn1ncc2c(=O)[nH]c3cc(-c4ccncc4)ccc3c21. The lowest BCUT2D eigenvalue weighted by Gasteiger charge is -2.17. The molecule has 0 aliphatic rings. The fraction of sp³-hybridized carbons (Fsp3) is 0.500. The Balaban J connectivity index is 1.25. The van der Waals surface area contributed by atoms with Gasteiger partial charge >= 0.3 is 0 Å². The van der Waals surface area contributed by atoms with Crippen LogP contribution in [0.25, 0.3) is 32.9 Å². The fourth-order valence-electron chi connectivity index (χ4n) is 4.76. The monoisotopic (exact) mass is 488 g/mol. The average molecular weight is 489 g/mol. The predicted octanol–water partition coefficient (Wildman–Crippen LogP) is 7.32. The standard InChI is InChI=1S/C30H40N4O2/c1-30(2,3)17-11-9-7-5-4-6-8-10-12-20-36-34-28-25-14-13-24(23-15-18-31-19-16-23)21-27(25)33-29(35)26(28)22-32-34/h13-16,18-19,21-22H,4-12,17,20H2,1-3H3,(H,33,35). The third kappa shape index (κ3) is 6.96. The molecule has 0 fully saturated rings. The zero-order valence-corrected chi connectivity index (χ0v) is 22.1. The molecule has 0 spiro atoms. The van der Waals surface area contributed by atoms with Gasteiger partial charge in [-0.2, -0.15) is 0 Å². The highest BCUT2D eigenvalue weighted by Gasteiger charge is 2.13. The van der Waals surface area contributed by atoms with Crippen LogP contribution >= 0.6 is 0 Å². The second-order valence-electron chi connectivity index (χ2n) is 11.1. The van der Waals surface area contributed by atoms with Crippen molar-refractivity contribution < 1.29 is 4.84 Å². The van der Waals surface area contributed by atoms with E-state index in [1.54, 1.807) is 18.6 Å². The first-order valence-corrected chi connectivity index (χ1v) is 13.5. The van der Waals surface area contributed by atoms with Crippen LogP contribution in [0.2, 0.25) is 0 Å². The van der Waals surface area contributed by atoms with Crippen molar-refractivity contribution in [2.75, 3.05) is 6.61 Å². The number of fused-ring (bicyclic) bond motifs is 3. The van der Waals surface area contributed by atoms with Crippen LogP contribution < -0.4 is 10.4 Å². The summed E-state index contributed by atoms with van der Waals surface area (Å²) in [6, 6.07) is 9.98. The van der Waals surface area contributed by atoms with E-state index in [0.29, 0.717) is 17.4 Å². The van der Waals surface area contributed by atoms with Crippen molar-refractivity contribution in [2.45, 2.75) is 85.0 Å². The van der Waals surface area contributed by atoms with E-state index >= 15 is 0 Å². The van der Waals surface area contributed by atoms with Gasteiger partial charge in [-0.3, -0.25) is 9.78 Å². The Bertz CT molecular complexity index is 1300. The quantitative estimate of drug-likeness (QED) is 0.200.